The van der Waals surface area contributed by atoms with Gasteiger partial charge >= 0.3 is 0 Å². The number of nitrogens with zero attached hydrogens (tertiary/aromatic N) is 3. The number of nitrogens with one attached hydrogen (secondary N) is 2. The number of piperazine rings is 1. The van der Waals surface area contributed by atoms with Gasteiger partial charge in [-0.2, -0.15) is 4.31 Å². The molecule has 1 aliphatic heterocycles. The second-order valence-electron chi connectivity index (χ2n) is 7.56. The molecule has 0 aliphatic carbocycles. The number of methoxy groups -OCH3 is 1. The van der Waals surface area contributed by atoms with E-state index in [2.05, 4.69) is 20.5 Å². The monoisotopic (exact) mass is 411 g/mol. The van der Waals surface area contributed by atoms with E-state index in [0.29, 0.717) is 37.0 Å². The van der Waals surface area contributed by atoms with Gasteiger partial charge in [0.05, 0.1) is 10.5 Å². The highest BCUT2D eigenvalue weighted by molar-refractivity contribution is 7.89. The summed E-state index contributed by atoms with van der Waals surface area (Å²) in [5.74, 6) is 0.594. The van der Waals surface area contributed by atoms with E-state index in [1.807, 2.05) is 33.0 Å². The molecule has 0 amide bonds. The van der Waals surface area contributed by atoms with Crippen molar-refractivity contribution in [2.45, 2.75) is 30.9 Å². The number of rotatable bonds is 7. The van der Waals surface area contributed by atoms with Crippen LogP contribution in [0, 0.1) is 0 Å². The Labute approximate surface area is 169 Å². The summed E-state index contributed by atoms with van der Waals surface area (Å²) in [5, 5.41) is 6.40. The van der Waals surface area contributed by atoms with Crippen molar-refractivity contribution in [3.8, 4) is 0 Å². The van der Waals surface area contributed by atoms with Gasteiger partial charge in [0, 0.05) is 53.4 Å². The van der Waals surface area contributed by atoms with Crippen LogP contribution >= 0.6 is 0 Å². The van der Waals surface area contributed by atoms with Gasteiger partial charge < -0.3 is 20.3 Å². The summed E-state index contributed by atoms with van der Waals surface area (Å²) in [5.41, 5.74) is 0.385. The molecular weight excluding hydrogens is 378 g/mol. The van der Waals surface area contributed by atoms with E-state index in [9.17, 15) is 8.42 Å². The first-order valence-electron chi connectivity index (χ1n) is 9.46. The average Bonchev–Trinajstić information content (AvgIpc) is 2.68. The fourth-order valence-electron chi connectivity index (χ4n) is 2.84. The Morgan fingerprint density at radius 1 is 1.18 bits per heavy atom. The Morgan fingerprint density at radius 2 is 1.82 bits per heavy atom. The van der Waals surface area contributed by atoms with Crippen molar-refractivity contribution in [3.63, 3.8) is 0 Å². The van der Waals surface area contributed by atoms with Crippen LogP contribution in [0.1, 0.15) is 19.4 Å². The van der Waals surface area contributed by atoms with Gasteiger partial charge in [-0.25, -0.2) is 8.42 Å². The summed E-state index contributed by atoms with van der Waals surface area (Å²) in [7, 11) is 1.83. The Bertz CT molecular complexity index is 772. The lowest BCUT2D eigenvalue weighted by atomic mass is 10.1. The number of sulfonamides is 1. The van der Waals surface area contributed by atoms with Crippen molar-refractivity contribution >= 4 is 16.0 Å². The summed E-state index contributed by atoms with van der Waals surface area (Å²) in [4.78, 5) is 6.69. The maximum atomic E-state index is 13.1. The molecule has 2 N–H and O–H groups in total. The zero-order chi connectivity index (χ0) is 20.8. The first-order chi connectivity index (χ1) is 13.2. The zero-order valence-corrected chi connectivity index (χ0v) is 18.3. The van der Waals surface area contributed by atoms with Crippen LogP contribution in [0.25, 0.3) is 0 Å². The minimum absolute atomic E-state index is 0.333. The minimum atomic E-state index is -3.52. The normalized spacial score (nSPS) is 17.5. The molecule has 1 fully saturated rings. The highest BCUT2D eigenvalue weighted by Gasteiger charge is 2.29. The fourth-order valence-corrected chi connectivity index (χ4v) is 4.48. The Morgan fingerprint density at radius 3 is 2.43 bits per heavy atom. The molecule has 1 aromatic rings. The van der Waals surface area contributed by atoms with Gasteiger partial charge in [0.15, 0.2) is 5.96 Å². The molecular formula is C19H33N5O3S. The number of guanidine groups is 1. The van der Waals surface area contributed by atoms with Crippen molar-refractivity contribution in [3.05, 3.63) is 29.8 Å². The molecule has 0 spiro atoms. The van der Waals surface area contributed by atoms with Crippen LogP contribution in [0.3, 0.4) is 0 Å². The Hall–Kier alpha value is -1.68. The van der Waals surface area contributed by atoms with Crippen molar-refractivity contribution in [2.24, 2.45) is 4.99 Å². The van der Waals surface area contributed by atoms with Gasteiger partial charge in [0.2, 0.25) is 10.0 Å². The van der Waals surface area contributed by atoms with E-state index in [4.69, 9.17) is 4.74 Å². The van der Waals surface area contributed by atoms with E-state index < -0.39 is 10.0 Å². The SMILES string of the molecule is CN=C(NCc1ccccc1S(=O)(=O)N1CCN(C)CC1)NCC(C)(C)OC. The molecule has 0 bridgehead atoms. The number of aliphatic imine (C=N–C) groups is 1. The minimum Gasteiger partial charge on any atom is -0.377 e. The number of ether oxygens (including phenoxy) is 1. The first-order valence-corrected chi connectivity index (χ1v) is 10.9. The number of likely N-dealkylation sites (N-methyl/N-ethyl adjacent to an activating group) is 1. The van der Waals surface area contributed by atoms with Gasteiger partial charge in [-0.05, 0) is 32.5 Å². The van der Waals surface area contributed by atoms with Gasteiger partial charge in [-0.3, -0.25) is 4.99 Å². The lowest BCUT2D eigenvalue weighted by Crippen LogP contribution is -2.47. The van der Waals surface area contributed by atoms with Crippen LogP contribution in [-0.4, -0.2) is 83.1 Å². The van der Waals surface area contributed by atoms with Gasteiger partial charge in [0.25, 0.3) is 0 Å². The van der Waals surface area contributed by atoms with Crippen LogP contribution in [-0.2, 0) is 21.3 Å². The number of hydrogen-bond acceptors (Lipinski definition) is 5. The molecule has 158 valence electrons. The van der Waals surface area contributed by atoms with Crippen LogP contribution in [0.4, 0.5) is 0 Å². The molecule has 8 nitrogen and oxygen atoms in total. The number of hydrogen-bond donors (Lipinski definition) is 2. The molecule has 1 aliphatic rings. The lowest BCUT2D eigenvalue weighted by molar-refractivity contribution is 0.0268. The molecule has 9 heteroatoms. The summed E-state index contributed by atoms with van der Waals surface area (Å²) in [6.07, 6.45) is 0. The molecule has 1 saturated heterocycles. The zero-order valence-electron chi connectivity index (χ0n) is 17.5. The molecule has 0 saturated carbocycles. The van der Waals surface area contributed by atoms with E-state index in [1.54, 1.807) is 30.6 Å². The third-order valence-electron chi connectivity index (χ3n) is 4.96. The third-order valence-corrected chi connectivity index (χ3v) is 6.96. The van der Waals surface area contributed by atoms with Gasteiger partial charge in [-0.15, -0.1) is 0 Å². The molecule has 0 atom stereocenters. The van der Waals surface area contributed by atoms with Crippen molar-refractivity contribution < 1.29 is 13.2 Å². The molecule has 0 unspecified atom stereocenters. The third kappa shape index (κ3) is 5.91. The summed E-state index contributed by atoms with van der Waals surface area (Å²) in [6, 6.07) is 7.13. The first kappa shape index (κ1) is 22.6. The molecule has 1 heterocycles. The maximum absolute atomic E-state index is 13.1. The number of benzene rings is 1. The highest BCUT2D eigenvalue weighted by atomic mass is 32.2. The molecule has 0 radical (unpaired) electrons. The molecule has 0 aromatic heterocycles. The van der Waals surface area contributed by atoms with Crippen LogP contribution in [0.5, 0.6) is 0 Å². The molecule has 2 rings (SSSR count). The van der Waals surface area contributed by atoms with Crippen molar-refractivity contribution in [2.75, 3.05) is 53.9 Å². The largest absolute Gasteiger partial charge is 0.377 e. The standard InChI is InChI=1S/C19H33N5O3S/c1-19(2,27-5)15-22-18(20-3)21-14-16-8-6-7-9-17(16)28(25,26)24-12-10-23(4)11-13-24/h6-9H,10-15H2,1-5H3,(H2,20,21,22). The second kappa shape index (κ2) is 9.69. The van der Waals surface area contributed by atoms with E-state index in [-0.39, 0.29) is 5.60 Å². The summed E-state index contributed by atoms with van der Waals surface area (Å²) < 4.78 is 33.3. The molecule has 1 aromatic carbocycles. The average molecular weight is 412 g/mol. The predicted molar refractivity (Wildman–Crippen MR) is 112 cm³/mol. The summed E-state index contributed by atoms with van der Waals surface area (Å²) >= 11 is 0. The lowest BCUT2D eigenvalue weighted by Gasteiger charge is -2.32. The topological polar surface area (TPSA) is 86.3 Å². The predicted octanol–water partition coefficient (Wildman–Crippen LogP) is 0.713. The second-order valence-corrected chi connectivity index (χ2v) is 9.46. The van der Waals surface area contributed by atoms with Crippen molar-refractivity contribution in [1.82, 2.24) is 19.8 Å². The van der Waals surface area contributed by atoms with Gasteiger partial charge in [-0.1, -0.05) is 18.2 Å². The Kier molecular flexibility index (Phi) is 7.82. The highest BCUT2D eigenvalue weighted by Crippen LogP contribution is 2.21. The van der Waals surface area contributed by atoms with Crippen molar-refractivity contribution in [1.29, 1.82) is 0 Å². The summed E-state index contributed by atoms with van der Waals surface area (Å²) in [6.45, 7) is 7.39. The molecule has 28 heavy (non-hydrogen) atoms. The fraction of sp³-hybridized carbons (Fsp3) is 0.632. The van der Waals surface area contributed by atoms with Crippen LogP contribution in [0.15, 0.2) is 34.2 Å². The van der Waals surface area contributed by atoms with Crippen LogP contribution < -0.4 is 10.6 Å². The van der Waals surface area contributed by atoms with E-state index in [1.165, 1.54) is 0 Å². The maximum Gasteiger partial charge on any atom is 0.243 e. The van der Waals surface area contributed by atoms with E-state index >= 15 is 0 Å². The van der Waals surface area contributed by atoms with Gasteiger partial charge in [0.1, 0.15) is 0 Å². The quantitative estimate of drug-likeness (QED) is 0.508. The Balaban J connectivity index is 2.09. The van der Waals surface area contributed by atoms with E-state index in [0.717, 1.165) is 18.7 Å². The smallest absolute Gasteiger partial charge is 0.243 e. The van der Waals surface area contributed by atoms with Crippen LogP contribution in [0.2, 0.25) is 0 Å².